The molecule has 0 radical (unpaired) electrons. The van der Waals surface area contributed by atoms with Crippen molar-refractivity contribution in [3.8, 4) is 11.5 Å². The summed E-state index contributed by atoms with van der Waals surface area (Å²) in [4.78, 5) is 0. The highest BCUT2D eigenvalue weighted by atomic mass is 35.5. The van der Waals surface area contributed by atoms with Crippen LogP contribution in [0.25, 0.3) is 12.2 Å². The largest absolute Gasteiger partial charge is 0.456 e. The highest BCUT2D eigenvalue weighted by Gasteiger charge is 2.09. The lowest BCUT2D eigenvalue weighted by molar-refractivity contribution is 0.480. The van der Waals surface area contributed by atoms with Gasteiger partial charge in [-0.05, 0) is 24.3 Å². The Balaban J connectivity index is 2.48. The molecule has 0 aromatic heterocycles. The van der Waals surface area contributed by atoms with Gasteiger partial charge in [0.15, 0.2) is 0 Å². The second-order valence-electron chi connectivity index (χ2n) is 3.81. The maximum atomic E-state index is 6.10. The van der Waals surface area contributed by atoms with E-state index in [-0.39, 0.29) is 0 Å². The summed E-state index contributed by atoms with van der Waals surface area (Å²) in [5.41, 5.74) is 1.50. The molecule has 0 atom stereocenters. The van der Waals surface area contributed by atoms with Gasteiger partial charge >= 0.3 is 0 Å². The van der Waals surface area contributed by atoms with Crippen molar-refractivity contribution in [2.45, 2.75) is 0 Å². The fourth-order valence-electron chi connectivity index (χ4n) is 1.73. The van der Waals surface area contributed by atoms with E-state index in [1.165, 1.54) is 0 Å². The van der Waals surface area contributed by atoms with E-state index in [1.807, 2.05) is 24.3 Å². The number of rotatable bonds is 4. The molecule has 3 heteroatoms. The lowest BCUT2D eigenvalue weighted by atomic mass is 10.1. The van der Waals surface area contributed by atoms with Crippen LogP contribution in [0.1, 0.15) is 11.1 Å². The van der Waals surface area contributed by atoms with E-state index in [0.717, 1.165) is 11.1 Å². The summed E-state index contributed by atoms with van der Waals surface area (Å²) in [6, 6.07) is 10.9. The number of ether oxygens (including phenoxy) is 1. The molecule has 0 fully saturated rings. The highest BCUT2D eigenvalue weighted by molar-refractivity contribution is 6.32. The second-order valence-corrected chi connectivity index (χ2v) is 4.63. The normalized spacial score (nSPS) is 10.0. The van der Waals surface area contributed by atoms with E-state index in [1.54, 1.807) is 24.3 Å². The molecular weight excluding hydrogens is 279 g/mol. The van der Waals surface area contributed by atoms with Gasteiger partial charge in [-0.15, -0.1) is 0 Å². The van der Waals surface area contributed by atoms with Crippen LogP contribution in [-0.2, 0) is 0 Å². The summed E-state index contributed by atoms with van der Waals surface area (Å²) >= 11 is 12.2. The van der Waals surface area contributed by atoms with Gasteiger partial charge in [0.1, 0.15) is 11.5 Å². The Kier molecular flexibility index (Phi) is 4.31. The predicted molar refractivity (Wildman–Crippen MR) is 83.2 cm³/mol. The number of benzene rings is 2. The van der Waals surface area contributed by atoms with Crippen LogP contribution in [0, 0.1) is 0 Å². The third-order valence-electron chi connectivity index (χ3n) is 2.65. The molecule has 0 saturated heterocycles. The van der Waals surface area contributed by atoms with Crippen molar-refractivity contribution in [2.24, 2.45) is 0 Å². The van der Waals surface area contributed by atoms with E-state index in [9.17, 15) is 0 Å². The van der Waals surface area contributed by atoms with Gasteiger partial charge in [0.05, 0.1) is 10.0 Å². The Hall–Kier alpha value is -1.70. The van der Waals surface area contributed by atoms with E-state index in [4.69, 9.17) is 27.9 Å². The molecule has 0 spiro atoms. The average molecular weight is 291 g/mol. The number of hydrogen-bond acceptors (Lipinski definition) is 1. The number of hydrogen-bond donors (Lipinski definition) is 0. The molecule has 0 N–H and O–H groups in total. The Labute approximate surface area is 122 Å². The number of halogens is 2. The third-order valence-corrected chi connectivity index (χ3v) is 3.31. The smallest absolute Gasteiger partial charge is 0.136 e. The lowest BCUT2D eigenvalue weighted by Crippen LogP contribution is -1.91. The zero-order chi connectivity index (χ0) is 13.8. The molecule has 0 amide bonds. The summed E-state index contributed by atoms with van der Waals surface area (Å²) in [5.74, 6) is 1.26. The monoisotopic (exact) mass is 290 g/mol. The average Bonchev–Trinajstić information content (AvgIpc) is 2.39. The summed E-state index contributed by atoms with van der Waals surface area (Å²) in [5, 5.41) is 1.18. The topological polar surface area (TPSA) is 9.23 Å². The maximum Gasteiger partial charge on any atom is 0.136 e. The predicted octanol–water partition coefficient (Wildman–Crippen LogP) is 6.07. The van der Waals surface area contributed by atoms with Crippen LogP contribution >= 0.6 is 23.2 Å². The molecule has 96 valence electrons. The summed E-state index contributed by atoms with van der Waals surface area (Å²) < 4.78 is 5.87. The van der Waals surface area contributed by atoms with E-state index in [0.29, 0.717) is 21.5 Å². The van der Waals surface area contributed by atoms with Crippen LogP contribution in [-0.4, -0.2) is 0 Å². The quantitative estimate of drug-likeness (QED) is 0.664. The molecule has 0 bridgehead atoms. The maximum absolute atomic E-state index is 6.10. The van der Waals surface area contributed by atoms with Crippen LogP contribution < -0.4 is 4.74 Å². The van der Waals surface area contributed by atoms with E-state index < -0.39 is 0 Å². The van der Waals surface area contributed by atoms with Crippen molar-refractivity contribution >= 4 is 35.4 Å². The van der Waals surface area contributed by atoms with Crippen molar-refractivity contribution in [3.05, 3.63) is 70.7 Å². The van der Waals surface area contributed by atoms with Crippen molar-refractivity contribution in [3.63, 3.8) is 0 Å². The first-order valence-electron chi connectivity index (χ1n) is 5.67. The van der Waals surface area contributed by atoms with Gasteiger partial charge in [-0.3, -0.25) is 0 Å². The molecular formula is C16H12Cl2O. The van der Waals surface area contributed by atoms with Crippen LogP contribution in [0.15, 0.2) is 49.6 Å². The minimum absolute atomic E-state index is 0.592. The molecule has 0 unspecified atom stereocenters. The van der Waals surface area contributed by atoms with Gasteiger partial charge in [-0.2, -0.15) is 0 Å². The second kappa shape index (κ2) is 5.96. The van der Waals surface area contributed by atoms with Gasteiger partial charge in [0.2, 0.25) is 0 Å². The summed E-state index contributed by atoms with van der Waals surface area (Å²) in [6.07, 6.45) is 3.32. The Morgan fingerprint density at radius 3 is 1.58 bits per heavy atom. The van der Waals surface area contributed by atoms with Crippen LogP contribution in [0.3, 0.4) is 0 Å². The molecule has 0 heterocycles. The Bertz CT molecular complexity index is 577. The standard InChI is InChI=1S/C16H12Cl2O/c1-3-11-13(17)7-5-9-15(11)19-16-10-6-8-14(18)12(16)4-2/h3-10H,1-2H2. The van der Waals surface area contributed by atoms with Crippen molar-refractivity contribution in [1.82, 2.24) is 0 Å². The van der Waals surface area contributed by atoms with Crippen LogP contribution in [0.2, 0.25) is 10.0 Å². The zero-order valence-electron chi connectivity index (χ0n) is 10.2. The summed E-state index contributed by atoms with van der Waals surface area (Å²) in [7, 11) is 0. The van der Waals surface area contributed by atoms with E-state index >= 15 is 0 Å². The van der Waals surface area contributed by atoms with Crippen LogP contribution in [0.5, 0.6) is 11.5 Å². The summed E-state index contributed by atoms with van der Waals surface area (Å²) in [6.45, 7) is 7.49. The van der Waals surface area contributed by atoms with Gasteiger partial charge in [-0.25, -0.2) is 0 Å². The molecule has 2 aromatic carbocycles. The molecule has 0 saturated carbocycles. The first kappa shape index (κ1) is 13.7. The molecule has 0 aliphatic carbocycles. The lowest BCUT2D eigenvalue weighted by Gasteiger charge is -2.12. The molecule has 2 aromatic rings. The Morgan fingerprint density at radius 1 is 0.789 bits per heavy atom. The first-order valence-corrected chi connectivity index (χ1v) is 6.42. The molecule has 19 heavy (non-hydrogen) atoms. The van der Waals surface area contributed by atoms with E-state index in [2.05, 4.69) is 13.2 Å². The van der Waals surface area contributed by atoms with Gasteiger partial charge in [0, 0.05) is 11.1 Å². The minimum atomic E-state index is 0.592. The van der Waals surface area contributed by atoms with Gasteiger partial charge < -0.3 is 4.74 Å². The third kappa shape index (κ3) is 2.83. The SMILES string of the molecule is C=Cc1c(Cl)cccc1Oc1cccc(Cl)c1C=C. The van der Waals surface area contributed by atoms with Crippen molar-refractivity contribution in [1.29, 1.82) is 0 Å². The highest BCUT2D eigenvalue weighted by Crippen LogP contribution is 2.35. The molecule has 2 rings (SSSR count). The van der Waals surface area contributed by atoms with Gasteiger partial charge in [0.25, 0.3) is 0 Å². The first-order chi connectivity index (χ1) is 9.17. The minimum Gasteiger partial charge on any atom is -0.456 e. The molecule has 1 nitrogen and oxygen atoms in total. The van der Waals surface area contributed by atoms with Crippen molar-refractivity contribution in [2.75, 3.05) is 0 Å². The zero-order valence-corrected chi connectivity index (χ0v) is 11.7. The van der Waals surface area contributed by atoms with Crippen molar-refractivity contribution < 1.29 is 4.74 Å². The van der Waals surface area contributed by atoms with Crippen LogP contribution in [0.4, 0.5) is 0 Å². The van der Waals surface area contributed by atoms with Gasteiger partial charge in [-0.1, -0.05) is 60.6 Å². The molecule has 0 aliphatic rings. The fourth-order valence-corrected chi connectivity index (χ4v) is 2.21. The fraction of sp³-hybridized carbons (Fsp3) is 0. The Morgan fingerprint density at radius 2 is 1.21 bits per heavy atom. The molecule has 0 aliphatic heterocycles.